The molecule has 7 nitrogen and oxygen atoms in total. The lowest BCUT2D eigenvalue weighted by Crippen LogP contribution is -2.40. The Hall–Kier alpha value is -1.47. The van der Waals surface area contributed by atoms with Gasteiger partial charge in [0.15, 0.2) is 5.82 Å². The van der Waals surface area contributed by atoms with Crippen molar-refractivity contribution >= 4 is 5.91 Å². The molecule has 7 heteroatoms. The van der Waals surface area contributed by atoms with E-state index in [0.29, 0.717) is 31.2 Å². The van der Waals surface area contributed by atoms with E-state index in [1.54, 1.807) is 7.11 Å². The molecular formula is C13H22N4O3. The van der Waals surface area contributed by atoms with Gasteiger partial charge in [0.1, 0.15) is 0 Å². The number of ether oxygens (including phenoxy) is 1. The molecule has 20 heavy (non-hydrogen) atoms. The third-order valence-electron chi connectivity index (χ3n) is 3.48. The van der Waals surface area contributed by atoms with Crippen LogP contribution in [0.1, 0.15) is 38.9 Å². The summed E-state index contributed by atoms with van der Waals surface area (Å²) in [5, 5.41) is 3.97. The number of aromatic nitrogens is 2. The van der Waals surface area contributed by atoms with Crippen LogP contribution in [0.25, 0.3) is 0 Å². The van der Waals surface area contributed by atoms with Crippen LogP contribution in [0, 0.1) is 0 Å². The van der Waals surface area contributed by atoms with Crippen molar-refractivity contribution in [1.82, 2.24) is 15.0 Å². The molecule has 1 amide bonds. The molecule has 112 valence electrons. The molecule has 1 aromatic heterocycles. The van der Waals surface area contributed by atoms with Crippen molar-refractivity contribution in [3.8, 4) is 0 Å². The molecule has 0 aromatic carbocycles. The van der Waals surface area contributed by atoms with Gasteiger partial charge in [-0.05, 0) is 6.42 Å². The summed E-state index contributed by atoms with van der Waals surface area (Å²) in [6, 6.07) is -0.337. The Morgan fingerprint density at radius 3 is 2.75 bits per heavy atom. The fraction of sp³-hybridized carbons (Fsp3) is 0.769. The Kier molecular flexibility index (Phi) is 4.10. The number of rotatable bonds is 4. The van der Waals surface area contributed by atoms with Crippen LogP contribution >= 0.6 is 0 Å². The van der Waals surface area contributed by atoms with Gasteiger partial charge in [-0.1, -0.05) is 25.9 Å². The molecule has 1 fully saturated rings. The Morgan fingerprint density at radius 2 is 2.25 bits per heavy atom. The summed E-state index contributed by atoms with van der Waals surface area (Å²) in [4.78, 5) is 17.8. The third kappa shape index (κ3) is 3.16. The van der Waals surface area contributed by atoms with Crippen LogP contribution in [0.4, 0.5) is 0 Å². The molecule has 1 aliphatic heterocycles. The normalized spacial score (nSPS) is 24.2. The van der Waals surface area contributed by atoms with Crippen LogP contribution in [0.2, 0.25) is 0 Å². The van der Waals surface area contributed by atoms with Crippen molar-refractivity contribution in [1.29, 1.82) is 0 Å². The molecule has 2 N–H and O–H groups in total. The first kappa shape index (κ1) is 14.9. The Morgan fingerprint density at radius 1 is 1.55 bits per heavy atom. The molecule has 0 unspecified atom stereocenters. The average molecular weight is 282 g/mol. The Bertz CT molecular complexity index is 480. The maximum atomic E-state index is 11.5. The van der Waals surface area contributed by atoms with Gasteiger partial charge in [-0.2, -0.15) is 4.98 Å². The zero-order valence-corrected chi connectivity index (χ0v) is 12.4. The van der Waals surface area contributed by atoms with Gasteiger partial charge >= 0.3 is 0 Å². The second kappa shape index (κ2) is 5.49. The van der Waals surface area contributed by atoms with Crippen molar-refractivity contribution in [3.05, 3.63) is 11.7 Å². The van der Waals surface area contributed by atoms with Gasteiger partial charge in [0.2, 0.25) is 11.8 Å². The predicted molar refractivity (Wildman–Crippen MR) is 71.8 cm³/mol. The summed E-state index contributed by atoms with van der Waals surface area (Å²) < 4.78 is 10.6. The first-order chi connectivity index (χ1) is 9.31. The number of carbonyl (C=O) groups is 1. The van der Waals surface area contributed by atoms with E-state index in [2.05, 4.69) is 10.1 Å². The minimum atomic E-state index is -0.343. The molecule has 0 radical (unpaired) electrons. The minimum Gasteiger partial charge on any atom is -0.380 e. The van der Waals surface area contributed by atoms with Gasteiger partial charge in [0.05, 0.1) is 18.7 Å². The molecule has 2 atom stereocenters. The standard InChI is InChI=1S/C13H22N4O3/c1-13(2,3)12-15-10(16-20-12)7-17-6-8(19-4)5-9(17)11(14)18/h8-9H,5-7H2,1-4H3,(H2,14,18)/t8-,9-/m0/s1. The van der Waals surface area contributed by atoms with Crippen LogP contribution in [-0.4, -0.2) is 46.7 Å². The molecule has 0 saturated carbocycles. The lowest BCUT2D eigenvalue weighted by Gasteiger charge is -2.19. The van der Waals surface area contributed by atoms with Crippen molar-refractivity contribution in [3.63, 3.8) is 0 Å². The van der Waals surface area contributed by atoms with Crippen LogP contribution in [-0.2, 0) is 21.5 Å². The van der Waals surface area contributed by atoms with Crippen molar-refractivity contribution < 1.29 is 14.1 Å². The molecule has 2 heterocycles. The SMILES string of the molecule is CO[C@H]1C[C@@H](C(N)=O)N(Cc2noc(C(C)(C)C)n2)C1. The number of primary amides is 1. The van der Waals surface area contributed by atoms with E-state index in [4.69, 9.17) is 15.0 Å². The topological polar surface area (TPSA) is 94.5 Å². The first-order valence-electron chi connectivity index (χ1n) is 6.70. The van der Waals surface area contributed by atoms with Crippen molar-refractivity contribution in [2.24, 2.45) is 5.73 Å². The van der Waals surface area contributed by atoms with E-state index in [-0.39, 0.29) is 23.5 Å². The van der Waals surface area contributed by atoms with Crippen molar-refractivity contribution in [2.45, 2.75) is 51.3 Å². The Balaban J connectivity index is 2.08. The van der Waals surface area contributed by atoms with E-state index < -0.39 is 0 Å². The van der Waals surface area contributed by atoms with Gasteiger partial charge in [0.25, 0.3) is 0 Å². The largest absolute Gasteiger partial charge is 0.380 e. The quantitative estimate of drug-likeness (QED) is 0.861. The first-order valence-corrected chi connectivity index (χ1v) is 6.70. The van der Waals surface area contributed by atoms with Gasteiger partial charge in [-0.15, -0.1) is 0 Å². The van der Waals surface area contributed by atoms with Crippen LogP contribution in [0.15, 0.2) is 4.52 Å². The van der Waals surface area contributed by atoms with Crippen LogP contribution in [0.3, 0.4) is 0 Å². The number of hydrogen-bond donors (Lipinski definition) is 1. The summed E-state index contributed by atoms with van der Waals surface area (Å²) in [5.41, 5.74) is 5.25. The monoisotopic (exact) mass is 282 g/mol. The zero-order chi connectivity index (χ0) is 14.9. The number of likely N-dealkylation sites (tertiary alicyclic amines) is 1. The van der Waals surface area contributed by atoms with Gasteiger partial charge in [0, 0.05) is 19.1 Å². The van der Waals surface area contributed by atoms with E-state index in [0.717, 1.165) is 0 Å². The fourth-order valence-corrected chi connectivity index (χ4v) is 2.31. The molecule has 2 rings (SSSR count). The zero-order valence-electron chi connectivity index (χ0n) is 12.4. The summed E-state index contributed by atoms with van der Waals surface area (Å²) in [5.74, 6) is 0.813. The van der Waals surface area contributed by atoms with E-state index in [1.807, 2.05) is 25.7 Å². The molecule has 1 aromatic rings. The summed E-state index contributed by atoms with van der Waals surface area (Å²) in [6.45, 7) is 7.10. The lowest BCUT2D eigenvalue weighted by atomic mass is 9.97. The summed E-state index contributed by atoms with van der Waals surface area (Å²) >= 11 is 0. The molecule has 1 saturated heterocycles. The molecule has 0 aliphatic carbocycles. The van der Waals surface area contributed by atoms with E-state index in [9.17, 15) is 4.79 Å². The highest BCUT2D eigenvalue weighted by Crippen LogP contribution is 2.23. The maximum Gasteiger partial charge on any atom is 0.234 e. The highest BCUT2D eigenvalue weighted by Gasteiger charge is 2.36. The smallest absolute Gasteiger partial charge is 0.234 e. The van der Waals surface area contributed by atoms with E-state index in [1.165, 1.54) is 0 Å². The molecule has 1 aliphatic rings. The lowest BCUT2D eigenvalue weighted by molar-refractivity contribution is -0.122. The number of nitrogens with zero attached hydrogens (tertiary/aromatic N) is 3. The summed E-state index contributed by atoms with van der Waals surface area (Å²) in [7, 11) is 1.64. The highest BCUT2D eigenvalue weighted by molar-refractivity contribution is 5.80. The number of nitrogens with two attached hydrogens (primary N) is 1. The molecular weight excluding hydrogens is 260 g/mol. The van der Waals surface area contributed by atoms with Gasteiger partial charge in [-0.3, -0.25) is 9.69 Å². The number of amides is 1. The second-order valence-corrected chi connectivity index (χ2v) is 6.21. The van der Waals surface area contributed by atoms with Crippen LogP contribution < -0.4 is 5.73 Å². The fourth-order valence-electron chi connectivity index (χ4n) is 2.31. The number of methoxy groups -OCH3 is 1. The summed E-state index contributed by atoms with van der Waals surface area (Å²) in [6.07, 6.45) is 0.622. The molecule has 0 spiro atoms. The maximum absolute atomic E-state index is 11.5. The molecule has 0 bridgehead atoms. The van der Waals surface area contributed by atoms with Crippen LogP contribution in [0.5, 0.6) is 0 Å². The van der Waals surface area contributed by atoms with Gasteiger partial charge in [-0.25, -0.2) is 0 Å². The van der Waals surface area contributed by atoms with Gasteiger partial charge < -0.3 is 15.0 Å². The van der Waals surface area contributed by atoms with Crippen molar-refractivity contribution in [2.75, 3.05) is 13.7 Å². The average Bonchev–Trinajstić information content (AvgIpc) is 2.95. The minimum absolute atomic E-state index is 0.0153. The number of carbonyl (C=O) groups excluding carboxylic acids is 1. The highest BCUT2D eigenvalue weighted by atomic mass is 16.5. The Labute approximate surface area is 118 Å². The predicted octanol–water partition coefficient (Wildman–Crippen LogP) is 0.442. The number of hydrogen-bond acceptors (Lipinski definition) is 6. The second-order valence-electron chi connectivity index (χ2n) is 6.21. The third-order valence-corrected chi connectivity index (χ3v) is 3.48. The van der Waals surface area contributed by atoms with E-state index >= 15 is 0 Å².